The molecule has 2 rings (SSSR count). The van der Waals surface area contributed by atoms with E-state index in [0.29, 0.717) is 17.7 Å². The molecule has 1 heterocycles. The molecule has 1 aliphatic rings. The Bertz CT molecular complexity index is 384. The molecule has 1 fully saturated rings. The Hall–Kier alpha value is -0.760. The maximum Gasteiger partial charge on any atom is 0.123 e. The molecule has 3 heteroatoms. The first-order valence-electron chi connectivity index (χ1n) is 6.19. The van der Waals surface area contributed by atoms with Crippen LogP contribution in [0.25, 0.3) is 0 Å². The van der Waals surface area contributed by atoms with Gasteiger partial charge < -0.3 is 4.90 Å². The number of benzene rings is 1. The number of piperidine rings is 1. The third kappa shape index (κ3) is 2.92. The first-order valence-corrected chi connectivity index (χ1v) is 6.73. The van der Waals surface area contributed by atoms with Crippen molar-refractivity contribution in [3.8, 4) is 0 Å². The number of rotatable bonds is 2. The molecule has 1 saturated heterocycles. The van der Waals surface area contributed by atoms with Gasteiger partial charge in [-0.3, -0.25) is 0 Å². The van der Waals surface area contributed by atoms with E-state index >= 15 is 0 Å². The Kier molecular flexibility index (Phi) is 3.93. The van der Waals surface area contributed by atoms with Gasteiger partial charge in [-0.2, -0.15) is 0 Å². The van der Waals surface area contributed by atoms with Gasteiger partial charge in [0.2, 0.25) is 0 Å². The smallest absolute Gasteiger partial charge is 0.123 e. The van der Waals surface area contributed by atoms with Crippen LogP contribution < -0.4 is 4.90 Å². The summed E-state index contributed by atoms with van der Waals surface area (Å²) < 4.78 is 13.2. The van der Waals surface area contributed by atoms with Crippen LogP contribution in [0.5, 0.6) is 0 Å². The molecule has 2 atom stereocenters. The average molecular weight is 256 g/mol. The SMILES string of the molecule is CC1CC(C)CN(c2ccc(F)cc2CCl)C1. The minimum atomic E-state index is -0.206. The number of halogens is 2. The minimum absolute atomic E-state index is 0.206. The van der Waals surface area contributed by atoms with Crippen LogP contribution in [0.1, 0.15) is 25.8 Å². The van der Waals surface area contributed by atoms with Gasteiger partial charge in [-0.1, -0.05) is 13.8 Å². The van der Waals surface area contributed by atoms with E-state index in [-0.39, 0.29) is 5.82 Å². The number of nitrogens with zero attached hydrogens (tertiary/aromatic N) is 1. The summed E-state index contributed by atoms with van der Waals surface area (Å²) >= 11 is 5.90. The van der Waals surface area contributed by atoms with Gasteiger partial charge in [-0.05, 0) is 42.0 Å². The second-order valence-electron chi connectivity index (χ2n) is 5.26. The van der Waals surface area contributed by atoms with Crippen molar-refractivity contribution in [2.75, 3.05) is 18.0 Å². The summed E-state index contributed by atoms with van der Waals surface area (Å²) in [4.78, 5) is 2.34. The van der Waals surface area contributed by atoms with E-state index in [1.165, 1.54) is 12.5 Å². The van der Waals surface area contributed by atoms with Crippen LogP contribution in [0.3, 0.4) is 0 Å². The number of hydrogen-bond acceptors (Lipinski definition) is 1. The predicted octanol–water partition coefficient (Wildman–Crippen LogP) is 4.05. The fourth-order valence-corrected chi connectivity index (χ4v) is 3.04. The lowest BCUT2D eigenvalue weighted by Gasteiger charge is -2.37. The topological polar surface area (TPSA) is 3.24 Å². The molecule has 0 radical (unpaired) electrons. The first kappa shape index (κ1) is 12.7. The molecule has 17 heavy (non-hydrogen) atoms. The van der Waals surface area contributed by atoms with Crippen molar-refractivity contribution in [3.05, 3.63) is 29.6 Å². The number of alkyl halides is 1. The van der Waals surface area contributed by atoms with E-state index in [4.69, 9.17) is 11.6 Å². The maximum absolute atomic E-state index is 13.2. The van der Waals surface area contributed by atoms with Crippen molar-refractivity contribution < 1.29 is 4.39 Å². The molecule has 2 unspecified atom stereocenters. The van der Waals surface area contributed by atoms with Gasteiger partial charge >= 0.3 is 0 Å². The van der Waals surface area contributed by atoms with Crippen molar-refractivity contribution in [1.29, 1.82) is 0 Å². The third-order valence-corrected chi connectivity index (χ3v) is 3.68. The fourth-order valence-electron chi connectivity index (χ4n) is 2.83. The molecular weight excluding hydrogens is 237 g/mol. The van der Waals surface area contributed by atoms with E-state index in [2.05, 4.69) is 18.7 Å². The van der Waals surface area contributed by atoms with Crippen molar-refractivity contribution in [1.82, 2.24) is 0 Å². The minimum Gasteiger partial charge on any atom is -0.371 e. The van der Waals surface area contributed by atoms with Gasteiger partial charge in [0, 0.05) is 24.7 Å². The number of hydrogen-bond donors (Lipinski definition) is 0. The maximum atomic E-state index is 13.2. The second kappa shape index (κ2) is 5.26. The fraction of sp³-hybridized carbons (Fsp3) is 0.571. The van der Waals surface area contributed by atoms with Crippen molar-refractivity contribution >= 4 is 17.3 Å². The highest BCUT2D eigenvalue weighted by atomic mass is 35.5. The van der Waals surface area contributed by atoms with Crippen molar-refractivity contribution in [3.63, 3.8) is 0 Å². The molecule has 0 aromatic heterocycles. The van der Waals surface area contributed by atoms with Gasteiger partial charge in [0.05, 0.1) is 0 Å². The Morgan fingerprint density at radius 2 is 1.94 bits per heavy atom. The largest absolute Gasteiger partial charge is 0.371 e. The zero-order valence-electron chi connectivity index (χ0n) is 10.4. The van der Waals surface area contributed by atoms with Crippen LogP contribution in [-0.2, 0) is 5.88 Å². The monoisotopic (exact) mass is 255 g/mol. The third-order valence-electron chi connectivity index (χ3n) is 3.40. The van der Waals surface area contributed by atoms with Crippen LogP contribution in [0.2, 0.25) is 0 Å². The highest BCUT2D eigenvalue weighted by molar-refractivity contribution is 6.17. The lowest BCUT2D eigenvalue weighted by atomic mass is 9.91. The summed E-state index contributed by atoms with van der Waals surface area (Å²) in [6.45, 7) is 6.62. The zero-order valence-corrected chi connectivity index (χ0v) is 11.2. The van der Waals surface area contributed by atoms with Crippen molar-refractivity contribution in [2.45, 2.75) is 26.1 Å². The molecule has 0 N–H and O–H groups in total. The molecule has 0 bridgehead atoms. The summed E-state index contributed by atoms with van der Waals surface area (Å²) in [7, 11) is 0. The van der Waals surface area contributed by atoms with Gasteiger partial charge in [0.15, 0.2) is 0 Å². The zero-order chi connectivity index (χ0) is 12.4. The van der Waals surface area contributed by atoms with Crippen LogP contribution in [0.4, 0.5) is 10.1 Å². The van der Waals surface area contributed by atoms with E-state index in [1.807, 2.05) is 6.07 Å². The molecule has 0 spiro atoms. The van der Waals surface area contributed by atoms with Crippen LogP contribution >= 0.6 is 11.6 Å². The molecular formula is C14H19ClFN. The van der Waals surface area contributed by atoms with Crippen LogP contribution in [-0.4, -0.2) is 13.1 Å². The molecule has 1 nitrogen and oxygen atoms in total. The lowest BCUT2D eigenvalue weighted by Crippen LogP contribution is -2.39. The average Bonchev–Trinajstić information content (AvgIpc) is 2.27. The van der Waals surface area contributed by atoms with Crippen LogP contribution in [0, 0.1) is 17.7 Å². The molecule has 94 valence electrons. The normalized spacial score (nSPS) is 25.1. The Morgan fingerprint density at radius 1 is 1.29 bits per heavy atom. The molecule has 1 aromatic rings. The van der Waals surface area contributed by atoms with Crippen molar-refractivity contribution in [2.24, 2.45) is 11.8 Å². The Labute approximate surface area is 108 Å². The Morgan fingerprint density at radius 3 is 2.53 bits per heavy atom. The van der Waals surface area contributed by atoms with Gasteiger partial charge in [0.25, 0.3) is 0 Å². The van der Waals surface area contributed by atoms with Gasteiger partial charge in [-0.15, -0.1) is 11.6 Å². The number of anilines is 1. The Balaban J connectivity index is 2.26. The molecule has 0 saturated carbocycles. The summed E-state index contributed by atoms with van der Waals surface area (Å²) in [5.74, 6) is 1.54. The first-order chi connectivity index (χ1) is 8.10. The van der Waals surface area contributed by atoms with Gasteiger partial charge in [-0.25, -0.2) is 4.39 Å². The second-order valence-corrected chi connectivity index (χ2v) is 5.52. The molecule has 1 aromatic carbocycles. The van der Waals surface area contributed by atoms with E-state index in [9.17, 15) is 4.39 Å². The summed E-state index contributed by atoms with van der Waals surface area (Å²) in [5.41, 5.74) is 1.99. The van der Waals surface area contributed by atoms with E-state index < -0.39 is 0 Å². The predicted molar refractivity (Wildman–Crippen MR) is 71.1 cm³/mol. The molecule has 1 aliphatic heterocycles. The lowest BCUT2D eigenvalue weighted by molar-refractivity contribution is 0.356. The quantitative estimate of drug-likeness (QED) is 0.721. The molecule has 0 amide bonds. The van der Waals surface area contributed by atoms with E-state index in [1.54, 1.807) is 6.07 Å². The standard InChI is InChI=1S/C14H19ClFN/c1-10-5-11(2)9-17(8-10)14-4-3-13(16)6-12(14)7-15/h3-4,6,10-11H,5,7-9H2,1-2H3. The molecule has 0 aliphatic carbocycles. The highest BCUT2D eigenvalue weighted by Gasteiger charge is 2.23. The summed E-state index contributed by atoms with van der Waals surface area (Å²) in [6, 6.07) is 4.93. The summed E-state index contributed by atoms with van der Waals surface area (Å²) in [6.07, 6.45) is 1.27. The van der Waals surface area contributed by atoms with E-state index in [0.717, 1.165) is 24.3 Å². The van der Waals surface area contributed by atoms with Crippen LogP contribution in [0.15, 0.2) is 18.2 Å². The summed E-state index contributed by atoms with van der Waals surface area (Å²) in [5, 5.41) is 0. The van der Waals surface area contributed by atoms with Gasteiger partial charge in [0.1, 0.15) is 5.82 Å². The highest BCUT2D eigenvalue weighted by Crippen LogP contribution is 2.30.